The van der Waals surface area contributed by atoms with Crippen molar-refractivity contribution in [3.63, 3.8) is 0 Å². The fraction of sp³-hybridized carbons (Fsp3) is 0.381. The molecule has 1 atom stereocenters. The van der Waals surface area contributed by atoms with E-state index in [1.165, 1.54) is 18.4 Å². The molecule has 0 saturated heterocycles. The zero-order chi connectivity index (χ0) is 17.2. The maximum Gasteiger partial charge on any atom is 0.119 e. The van der Waals surface area contributed by atoms with Crippen LogP contribution in [0.5, 0.6) is 5.75 Å². The van der Waals surface area contributed by atoms with Crippen molar-refractivity contribution in [2.45, 2.75) is 33.6 Å². The van der Waals surface area contributed by atoms with Crippen molar-refractivity contribution < 1.29 is 4.74 Å². The second-order valence-corrected chi connectivity index (χ2v) is 7.18. The second kappa shape index (κ2) is 6.68. The van der Waals surface area contributed by atoms with Gasteiger partial charge in [0.1, 0.15) is 5.75 Å². The minimum Gasteiger partial charge on any atom is -0.497 e. The summed E-state index contributed by atoms with van der Waals surface area (Å²) in [5.74, 6) is 1.33. The van der Waals surface area contributed by atoms with Crippen LogP contribution in [0.1, 0.15) is 39.3 Å². The first kappa shape index (κ1) is 16.6. The summed E-state index contributed by atoms with van der Waals surface area (Å²) in [6, 6.07) is 10.0. The Bertz CT molecular complexity index is 750. The van der Waals surface area contributed by atoms with Crippen LogP contribution in [0.15, 0.2) is 54.3 Å². The Hall–Kier alpha value is -2.29. The smallest absolute Gasteiger partial charge is 0.119 e. The van der Waals surface area contributed by atoms with E-state index in [-0.39, 0.29) is 0 Å². The van der Waals surface area contributed by atoms with E-state index in [2.05, 4.69) is 50.2 Å². The monoisotopic (exact) mass is 322 g/mol. The standard InChI is InChI=1S/C21H26N2O/c1-16-6-5-14-21(2,3)20(16)12-9-18-13-15-22-23(18)17-7-10-19(24-4)11-8-17/h6-13,15,20H,5,14H2,1-4H3/b12-9+. The van der Waals surface area contributed by atoms with E-state index in [0.29, 0.717) is 11.3 Å². The molecule has 24 heavy (non-hydrogen) atoms. The molecule has 0 fully saturated rings. The third kappa shape index (κ3) is 3.30. The highest BCUT2D eigenvalue weighted by atomic mass is 16.5. The molecule has 0 bridgehead atoms. The molecule has 1 unspecified atom stereocenters. The van der Waals surface area contributed by atoms with E-state index in [4.69, 9.17) is 4.74 Å². The number of benzene rings is 1. The first-order chi connectivity index (χ1) is 11.5. The predicted molar refractivity (Wildman–Crippen MR) is 99.4 cm³/mol. The van der Waals surface area contributed by atoms with Gasteiger partial charge >= 0.3 is 0 Å². The molecule has 2 aromatic rings. The second-order valence-electron chi connectivity index (χ2n) is 7.18. The number of ether oxygens (including phenoxy) is 1. The molecule has 0 amide bonds. The summed E-state index contributed by atoms with van der Waals surface area (Å²) in [5.41, 5.74) is 3.91. The molecule has 0 aliphatic heterocycles. The molecule has 3 nitrogen and oxygen atoms in total. The number of nitrogens with zero attached hydrogens (tertiary/aromatic N) is 2. The van der Waals surface area contributed by atoms with Gasteiger partial charge in [-0.2, -0.15) is 5.10 Å². The van der Waals surface area contributed by atoms with Gasteiger partial charge in [-0.05, 0) is 61.6 Å². The highest BCUT2D eigenvalue weighted by Gasteiger charge is 2.30. The van der Waals surface area contributed by atoms with Gasteiger partial charge in [0.15, 0.2) is 0 Å². The molecule has 3 heteroatoms. The Morgan fingerprint density at radius 2 is 1.96 bits per heavy atom. The third-order valence-corrected chi connectivity index (χ3v) is 5.04. The topological polar surface area (TPSA) is 27.1 Å². The van der Waals surface area contributed by atoms with Crippen molar-refractivity contribution in [3.05, 3.63) is 59.9 Å². The van der Waals surface area contributed by atoms with E-state index in [9.17, 15) is 0 Å². The van der Waals surface area contributed by atoms with E-state index in [1.54, 1.807) is 7.11 Å². The lowest BCUT2D eigenvalue weighted by Crippen LogP contribution is -2.26. The van der Waals surface area contributed by atoms with Gasteiger partial charge in [-0.15, -0.1) is 0 Å². The number of rotatable bonds is 4. The predicted octanol–water partition coefficient (Wildman–Crippen LogP) is 5.28. The summed E-state index contributed by atoms with van der Waals surface area (Å²) in [6.45, 7) is 6.97. The fourth-order valence-corrected chi connectivity index (χ4v) is 3.56. The number of hydrogen-bond donors (Lipinski definition) is 0. The van der Waals surface area contributed by atoms with Crippen LogP contribution in [0.2, 0.25) is 0 Å². The molecular weight excluding hydrogens is 296 g/mol. The van der Waals surface area contributed by atoms with Crippen molar-refractivity contribution in [1.82, 2.24) is 9.78 Å². The van der Waals surface area contributed by atoms with Gasteiger partial charge in [0, 0.05) is 5.92 Å². The first-order valence-corrected chi connectivity index (χ1v) is 8.54. The molecule has 3 rings (SSSR count). The maximum absolute atomic E-state index is 5.23. The van der Waals surface area contributed by atoms with E-state index in [0.717, 1.165) is 17.1 Å². The number of aromatic nitrogens is 2. The maximum atomic E-state index is 5.23. The normalized spacial score (nSPS) is 20.2. The van der Waals surface area contributed by atoms with Crippen molar-refractivity contribution in [2.24, 2.45) is 11.3 Å². The van der Waals surface area contributed by atoms with Gasteiger partial charge in [-0.3, -0.25) is 0 Å². The summed E-state index contributed by atoms with van der Waals surface area (Å²) in [4.78, 5) is 0. The Morgan fingerprint density at radius 3 is 2.62 bits per heavy atom. The Labute approximate surface area is 144 Å². The van der Waals surface area contributed by atoms with Crippen LogP contribution in [0.4, 0.5) is 0 Å². The van der Waals surface area contributed by atoms with Crippen LogP contribution in [0.3, 0.4) is 0 Å². The van der Waals surface area contributed by atoms with Gasteiger partial charge in [0.2, 0.25) is 0 Å². The summed E-state index contributed by atoms with van der Waals surface area (Å²) >= 11 is 0. The largest absolute Gasteiger partial charge is 0.497 e. The Balaban J connectivity index is 1.87. The van der Waals surface area contributed by atoms with Crippen LogP contribution >= 0.6 is 0 Å². The van der Waals surface area contributed by atoms with Crippen LogP contribution in [-0.2, 0) is 0 Å². The SMILES string of the molecule is COc1ccc(-n2nccc2/C=C/C2C(C)=CCCC2(C)C)cc1. The van der Waals surface area contributed by atoms with Gasteiger partial charge in [0.05, 0.1) is 24.7 Å². The lowest BCUT2D eigenvalue weighted by molar-refractivity contribution is 0.256. The first-order valence-electron chi connectivity index (χ1n) is 8.54. The van der Waals surface area contributed by atoms with Crippen molar-refractivity contribution in [1.29, 1.82) is 0 Å². The summed E-state index contributed by atoms with van der Waals surface area (Å²) in [7, 11) is 1.68. The summed E-state index contributed by atoms with van der Waals surface area (Å²) in [5, 5.41) is 4.47. The van der Waals surface area contributed by atoms with Crippen LogP contribution < -0.4 is 4.74 Å². The summed E-state index contributed by atoms with van der Waals surface area (Å²) in [6.07, 6.45) is 11.2. The quantitative estimate of drug-likeness (QED) is 0.716. The molecule has 1 aromatic carbocycles. The Kier molecular flexibility index (Phi) is 4.61. The average molecular weight is 322 g/mol. The highest BCUT2D eigenvalue weighted by Crippen LogP contribution is 2.41. The number of methoxy groups -OCH3 is 1. The van der Waals surface area contributed by atoms with Crippen molar-refractivity contribution >= 4 is 6.08 Å². The minimum absolute atomic E-state index is 0.306. The fourth-order valence-electron chi connectivity index (χ4n) is 3.56. The number of allylic oxidation sites excluding steroid dienone is 3. The molecule has 1 heterocycles. The van der Waals surface area contributed by atoms with Gasteiger partial charge in [-0.25, -0.2) is 4.68 Å². The molecule has 1 aliphatic carbocycles. The molecule has 0 radical (unpaired) electrons. The lowest BCUT2D eigenvalue weighted by atomic mass is 9.68. The number of hydrogen-bond acceptors (Lipinski definition) is 2. The summed E-state index contributed by atoms with van der Waals surface area (Å²) < 4.78 is 7.19. The molecular formula is C21H26N2O. The Morgan fingerprint density at radius 1 is 1.21 bits per heavy atom. The van der Waals surface area contributed by atoms with Gasteiger partial charge < -0.3 is 4.74 Å². The highest BCUT2D eigenvalue weighted by molar-refractivity contribution is 5.51. The van der Waals surface area contributed by atoms with E-state index < -0.39 is 0 Å². The van der Waals surface area contributed by atoms with E-state index >= 15 is 0 Å². The van der Waals surface area contributed by atoms with Crippen molar-refractivity contribution in [3.8, 4) is 11.4 Å². The van der Waals surface area contributed by atoms with Crippen LogP contribution in [0.25, 0.3) is 11.8 Å². The van der Waals surface area contributed by atoms with E-state index in [1.807, 2.05) is 35.1 Å². The van der Waals surface area contributed by atoms with Crippen LogP contribution in [0, 0.1) is 11.3 Å². The molecule has 1 aliphatic rings. The van der Waals surface area contributed by atoms with Gasteiger partial charge in [0.25, 0.3) is 0 Å². The van der Waals surface area contributed by atoms with Crippen LogP contribution in [-0.4, -0.2) is 16.9 Å². The molecule has 0 saturated carbocycles. The zero-order valence-corrected chi connectivity index (χ0v) is 15.0. The molecule has 1 aromatic heterocycles. The minimum atomic E-state index is 0.306. The van der Waals surface area contributed by atoms with Crippen molar-refractivity contribution in [2.75, 3.05) is 7.11 Å². The third-order valence-electron chi connectivity index (χ3n) is 5.04. The molecule has 0 spiro atoms. The average Bonchev–Trinajstić information content (AvgIpc) is 3.02. The molecule has 0 N–H and O–H groups in total. The molecule has 126 valence electrons. The lowest BCUT2D eigenvalue weighted by Gasteiger charge is -2.36. The zero-order valence-electron chi connectivity index (χ0n) is 15.0. The van der Waals surface area contributed by atoms with Gasteiger partial charge in [-0.1, -0.05) is 31.6 Å².